The first-order valence-electron chi connectivity index (χ1n) is 12.8. The molecule has 0 aliphatic carbocycles. The molecule has 33 heavy (non-hydrogen) atoms. The van der Waals surface area contributed by atoms with Gasteiger partial charge in [-0.2, -0.15) is 5.10 Å². The Morgan fingerprint density at radius 1 is 0.848 bits per heavy atom. The van der Waals surface area contributed by atoms with Gasteiger partial charge in [0, 0.05) is 30.7 Å². The largest absolute Gasteiger partial charge is 0.372 e. The SMILES string of the molecule is CCCCN(CCC)c1ccc2c(c1)c(CCc1cccc3ccccc13)nn2CC(C)C. The van der Waals surface area contributed by atoms with Crippen molar-refractivity contribution >= 4 is 27.4 Å². The smallest absolute Gasteiger partial charge is 0.0707 e. The first-order valence-corrected chi connectivity index (χ1v) is 12.8. The molecule has 3 heteroatoms. The molecule has 0 atom stereocenters. The lowest BCUT2D eigenvalue weighted by Crippen LogP contribution is -2.25. The van der Waals surface area contributed by atoms with E-state index >= 15 is 0 Å². The summed E-state index contributed by atoms with van der Waals surface area (Å²) in [7, 11) is 0. The second kappa shape index (κ2) is 10.9. The van der Waals surface area contributed by atoms with E-state index in [0.29, 0.717) is 5.92 Å². The van der Waals surface area contributed by atoms with E-state index in [-0.39, 0.29) is 0 Å². The first kappa shape index (κ1) is 23.4. The van der Waals surface area contributed by atoms with Crippen molar-refractivity contribution in [3.63, 3.8) is 0 Å². The Kier molecular flexibility index (Phi) is 7.69. The zero-order valence-electron chi connectivity index (χ0n) is 20.8. The van der Waals surface area contributed by atoms with Gasteiger partial charge in [-0.25, -0.2) is 0 Å². The Balaban J connectivity index is 1.69. The number of anilines is 1. The van der Waals surface area contributed by atoms with Gasteiger partial charge in [0.1, 0.15) is 0 Å². The zero-order chi connectivity index (χ0) is 23.2. The highest BCUT2D eigenvalue weighted by Gasteiger charge is 2.15. The summed E-state index contributed by atoms with van der Waals surface area (Å²) in [6, 6.07) is 22.4. The molecule has 1 aromatic heterocycles. The minimum absolute atomic E-state index is 0.569. The van der Waals surface area contributed by atoms with Crippen molar-refractivity contribution in [2.75, 3.05) is 18.0 Å². The van der Waals surface area contributed by atoms with Crippen LogP contribution in [-0.4, -0.2) is 22.9 Å². The van der Waals surface area contributed by atoms with Gasteiger partial charge in [0.2, 0.25) is 0 Å². The number of hydrogen-bond acceptors (Lipinski definition) is 2. The van der Waals surface area contributed by atoms with Gasteiger partial charge in [-0.3, -0.25) is 4.68 Å². The molecule has 0 unspecified atom stereocenters. The predicted molar refractivity (Wildman–Crippen MR) is 143 cm³/mol. The van der Waals surface area contributed by atoms with E-state index in [1.807, 2.05) is 0 Å². The Morgan fingerprint density at radius 3 is 2.45 bits per heavy atom. The standard InChI is InChI=1S/C30H39N3/c1-5-7-20-32(19-6-2)26-16-18-30-28(21-26)29(31-33(30)22-23(3)4)17-15-25-13-10-12-24-11-8-9-14-27(24)25/h8-14,16,18,21,23H,5-7,15,17,19-20,22H2,1-4H3. The van der Waals surface area contributed by atoms with Crippen LogP contribution in [0.15, 0.2) is 60.7 Å². The average molecular weight is 442 g/mol. The molecule has 4 rings (SSSR count). The molecule has 0 radical (unpaired) electrons. The van der Waals surface area contributed by atoms with E-state index in [2.05, 4.69) is 97.9 Å². The van der Waals surface area contributed by atoms with E-state index in [1.54, 1.807) is 0 Å². The number of rotatable bonds is 11. The fourth-order valence-electron chi connectivity index (χ4n) is 4.85. The third-order valence-electron chi connectivity index (χ3n) is 6.50. The number of aryl methyl sites for hydroxylation is 2. The Hall–Kier alpha value is -2.81. The van der Waals surface area contributed by atoms with Gasteiger partial charge < -0.3 is 4.90 Å². The van der Waals surface area contributed by atoms with Gasteiger partial charge in [-0.1, -0.05) is 76.6 Å². The van der Waals surface area contributed by atoms with Crippen LogP contribution in [0, 0.1) is 5.92 Å². The van der Waals surface area contributed by atoms with Gasteiger partial charge >= 0.3 is 0 Å². The molecule has 174 valence electrons. The van der Waals surface area contributed by atoms with E-state index in [0.717, 1.165) is 32.5 Å². The van der Waals surface area contributed by atoms with Crippen LogP contribution in [0.3, 0.4) is 0 Å². The molecule has 0 bridgehead atoms. The van der Waals surface area contributed by atoms with E-state index in [4.69, 9.17) is 5.10 Å². The van der Waals surface area contributed by atoms with Crippen LogP contribution < -0.4 is 4.90 Å². The van der Waals surface area contributed by atoms with Crippen LogP contribution in [0.25, 0.3) is 21.7 Å². The summed E-state index contributed by atoms with van der Waals surface area (Å²) < 4.78 is 2.23. The van der Waals surface area contributed by atoms with Crippen molar-refractivity contribution in [1.29, 1.82) is 0 Å². The molecule has 4 aromatic rings. The van der Waals surface area contributed by atoms with Gasteiger partial charge in [0.25, 0.3) is 0 Å². The summed E-state index contributed by atoms with van der Waals surface area (Å²) in [6.45, 7) is 12.3. The normalized spacial score (nSPS) is 11.7. The van der Waals surface area contributed by atoms with Crippen LogP contribution in [0.2, 0.25) is 0 Å². The van der Waals surface area contributed by atoms with E-state index in [9.17, 15) is 0 Å². The third-order valence-corrected chi connectivity index (χ3v) is 6.50. The minimum Gasteiger partial charge on any atom is -0.372 e. The predicted octanol–water partition coefficient (Wildman–Crippen LogP) is 7.65. The first-order chi connectivity index (χ1) is 16.1. The number of fused-ring (bicyclic) bond motifs is 2. The van der Waals surface area contributed by atoms with Gasteiger partial charge in [-0.15, -0.1) is 0 Å². The van der Waals surface area contributed by atoms with Crippen LogP contribution in [0.5, 0.6) is 0 Å². The second-order valence-corrected chi connectivity index (χ2v) is 9.70. The lowest BCUT2D eigenvalue weighted by Gasteiger charge is -2.24. The molecular formula is C30H39N3. The Bertz CT molecular complexity index is 1180. The summed E-state index contributed by atoms with van der Waals surface area (Å²) in [5.41, 5.74) is 5.25. The number of hydrogen-bond donors (Lipinski definition) is 0. The zero-order valence-corrected chi connectivity index (χ0v) is 20.8. The molecule has 0 saturated heterocycles. The topological polar surface area (TPSA) is 21.1 Å². The lowest BCUT2D eigenvalue weighted by atomic mass is 9.99. The fraction of sp³-hybridized carbons (Fsp3) is 0.433. The monoisotopic (exact) mass is 441 g/mol. The van der Waals surface area contributed by atoms with Gasteiger partial charge in [-0.05, 0) is 66.1 Å². The molecule has 0 spiro atoms. The molecule has 0 aliphatic heterocycles. The molecular weight excluding hydrogens is 402 g/mol. The van der Waals surface area contributed by atoms with Crippen molar-refractivity contribution < 1.29 is 0 Å². The highest BCUT2D eigenvalue weighted by molar-refractivity contribution is 5.87. The van der Waals surface area contributed by atoms with Crippen LogP contribution in [-0.2, 0) is 19.4 Å². The molecule has 0 aliphatic rings. The third kappa shape index (κ3) is 5.40. The number of nitrogens with zero attached hydrogens (tertiary/aromatic N) is 3. The van der Waals surface area contributed by atoms with Crippen LogP contribution in [0.1, 0.15) is 58.2 Å². The summed E-state index contributed by atoms with van der Waals surface area (Å²) >= 11 is 0. The highest BCUT2D eigenvalue weighted by atomic mass is 15.3. The van der Waals surface area contributed by atoms with Crippen molar-refractivity contribution in [3.8, 4) is 0 Å². The molecule has 0 fully saturated rings. The second-order valence-electron chi connectivity index (χ2n) is 9.70. The molecule has 3 aromatic carbocycles. The van der Waals surface area contributed by atoms with Crippen molar-refractivity contribution in [2.24, 2.45) is 5.92 Å². The number of benzene rings is 3. The van der Waals surface area contributed by atoms with Crippen molar-refractivity contribution in [3.05, 3.63) is 71.9 Å². The molecule has 0 amide bonds. The van der Waals surface area contributed by atoms with E-state index in [1.165, 1.54) is 57.9 Å². The molecule has 0 N–H and O–H groups in total. The Labute approximate surface area is 199 Å². The average Bonchev–Trinajstić information content (AvgIpc) is 3.16. The maximum Gasteiger partial charge on any atom is 0.0707 e. The summed E-state index contributed by atoms with van der Waals surface area (Å²) in [5.74, 6) is 0.569. The summed E-state index contributed by atoms with van der Waals surface area (Å²) in [6.07, 6.45) is 5.60. The van der Waals surface area contributed by atoms with E-state index < -0.39 is 0 Å². The van der Waals surface area contributed by atoms with Crippen molar-refractivity contribution in [1.82, 2.24) is 9.78 Å². The van der Waals surface area contributed by atoms with Crippen molar-refractivity contribution in [2.45, 2.75) is 66.3 Å². The lowest BCUT2D eigenvalue weighted by molar-refractivity contribution is 0.491. The molecule has 3 nitrogen and oxygen atoms in total. The summed E-state index contributed by atoms with van der Waals surface area (Å²) in [4.78, 5) is 2.55. The summed E-state index contributed by atoms with van der Waals surface area (Å²) in [5, 5.41) is 9.14. The highest BCUT2D eigenvalue weighted by Crippen LogP contribution is 2.28. The van der Waals surface area contributed by atoms with Gasteiger partial charge in [0.05, 0.1) is 11.2 Å². The fourth-order valence-corrected chi connectivity index (χ4v) is 4.85. The Morgan fingerprint density at radius 2 is 1.67 bits per heavy atom. The number of unbranched alkanes of at least 4 members (excludes halogenated alkanes) is 1. The minimum atomic E-state index is 0.569. The maximum atomic E-state index is 5.13. The maximum absolute atomic E-state index is 5.13. The molecule has 1 heterocycles. The molecule has 0 saturated carbocycles. The number of aromatic nitrogens is 2. The van der Waals surface area contributed by atoms with Crippen LogP contribution >= 0.6 is 0 Å². The van der Waals surface area contributed by atoms with Crippen LogP contribution in [0.4, 0.5) is 5.69 Å². The quantitative estimate of drug-likeness (QED) is 0.238. The van der Waals surface area contributed by atoms with Gasteiger partial charge in [0.15, 0.2) is 0 Å².